The van der Waals surface area contributed by atoms with Crippen LogP contribution < -0.4 is 0 Å². The summed E-state index contributed by atoms with van der Waals surface area (Å²) < 4.78 is 7.21. The zero-order valence-corrected chi connectivity index (χ0v) is 10.3. The SMILES string of the molecule is Cc1cc(-c2nc3nc(C(=O)O)ccc3o2)n(C)n1. The summed E-state index contributed by atoms with van der Waals surface area (Å²) in [5.41, 5.74) is 2.22. The zero-order chi connectivity index (χ0) is 13.6. The Morgan fingerprint density at radius 2 is 2.16 bits per heavy atom. The fourth-order valence-electron chi connectivity index (χ4n) is 1.86. The lowest BCUT2D eigenvalue weighted by molar-refractivity contribution is 0.0691. The van der Waals surface area contributed by atoms with Gasteiger partial charge in [0.15, 0.2) is 16.9 Å². The van der Waals surface area contributed by atoms with Crippen molar-refractivity contribution in [3.8, 4) is 11.6 Å². The molecule has 0 radical (unpaired) electrons. The maximum atomic E-state index is 10.8. The van der Waals surface area contributed by atoms with Gasteiger partial charge in [-0.2, -0.15) is 10.1 Å². The Labute approximate surface area is 107 Å². The van der Waals surface area contributed by atoms with E-state index >= 15 is 0 Å². The smallest absolute Gasteiger partial charge is 0.354 e. The normalized spacial score (nSPS) is 11.1. The molecule has 0 saturated carbocycles. The Kier molecular flexibility index (Phi) is 2.34. The third kappa shape index (κ3) is 1.85. The molecule has 0 amide bonds. The van der Waals surface area contributed by atoms with E-state index in [0.717, 1.165) is 5.69 Å². The van der Waals surface area contributed by atoms with Crippen molar-refractivity contribution in [3.63, 3.8) is 0 Å². The van der Waals surface area contributed by atoms with Crippen molar-refractivity contribution in [2.75, 3.05) is 0 Å². The Hall–Kier alpha value is -2.70. The molecule has 19 heavy (non-hydrogen) atoms. The van der Waals surface area contributed by atoms with Gasteiger partial charge in [0, 0.05) is 7.05 Å². The second kappa shape index (κ2) is 3.91. The van der Waals surface area contributed by atoms with Gasteiger partial charge in [0.2, 0.25) is 5.89 Å². The number of hydrogen-bond donors (Lipinski definition) is 1. The quantitative estimate of drug-likeness (QED) is 0.750. The van der Waals surface area contributed by atoms with E-state index in [1.54, 1.807) is 17.8 Å². The second-order valence-corrected chi connectivity index (χ2v) is 4.14. The molecule has 0 bridgehead atoms. The van der Waals surface area contributed by atoms with Gasteiger partial charge in [0.1, 0.15) is 5.69 Å². The standard InChI is InChI=1S/C12H10N4O3/c1-6-5-8(16(2)15-6)11-14-10-9(19-11)4-3-7(13-10)12(17)18/h3-5H,1-2H3,(H,17,18). The van der Waals surface area contributed by atoms with E-state index in [9.17, 15) is 4.79 Å². The number of aromatic nitrogens is 4. The first-order valence-electron chi connectivity index (χ1n) is 5.56. The third-order valence-corrected chi connectivity index (χ3v) is 2.69. The molecule has 96 valence electrons. The molecule has 3 heterocycles. The van der Waals surface area contributed by atoms with E-state index < -0.39 is 5.97 Å². The van der Waals surface area contributed by atoms with E-state index in [0.29, 0.717) is 17.2 Å². The van der Waals surface area contributed by atoms with Gasteiger partial charge in [-0.25, -0.2) is 9.78 Å². The van der Waals surface area contributed by atoms with Crippen molar-refractivity contribution < 1.29 is 14.3 Å². The summed E-state index contributed by atoms with van der Waals surface area (Å²) in [7, 11) is 1.79. The van der Waals surface area contributed by atoms with E-state index in [1.165, 1.54) is 6.07 Å². The third-order valence-electron chi connectivity index (χ3n) is 2.69. The van der Waals surface area contributed by atoms with Gasteiger partial charge in [-0.15, -0.1) is 0 Å². The minimum absolute atomic E-state index is 0.0615. The van der Waals surface area contributed by atoms with E-state index in [1.807, 2.05) is 13.0 Å². The summed E-state index contributed by atoms with van der Waals surface area (Å²) in [6.45, 7) is 1.87. The van der Waals surface area contributed by atoms with E-state index in [4.69, 9.17) is 9.52 Å². The highest BCUT2D eigenvalue weighted by atomic mass is 16.4. The van der Waals surface area contributed by atoms with Crippen LogP contribution in [0.5, 0.6) is 0 Å². The molecule has 3 aromatic rings. The number of carboxylic acid groups (broad SMARTS) is 1. The molecule has 7 nitrogen and oxygen atoms in total. The van der Waals surface area contributed by atoms with Gasteiger partial charge in [0.25, 0.3) is 0 Å². The number of rotatable bonds is 2. The summed E-state index contributed by atoms with van der Waals surface area (Å²) in [6.07, 6.45) is 0. The van der Waals surface area contributed by atoms with Gasteiger partial charge in [0.05, 0.1) is 5.69 Å². The topological polar surface area (TPSA) is 94.0 Å². The highest BCUT2D eigenvalue weighted by Gasteiger charge is 2.15. The van der Waals surface area contributed by atoms with Crippen LogP contribution in [0.25, 0.3) is 22.8 Å². The maximum Gasteiger partial charge on any atom is 0.354 e. The van der Waals surface area contributed by atoms with Crippen LogP contribution in [0.1, 0.15) is 16.2 Å². The summed E-state index contributed by atoms with van der Waals surface area (Å²) in [6, 6.07) is 4.77. The highest BCUT2D eigenvalue weighted by molar-refractivity contribution is 5.88. The molecule has 0 atom stereocenters. The number of hydrogen-bond acceptors (Lipinski definition) is 5. The molecule has 0 saturated heterocycles. The first-order valence-corrected chi connectivity index (χ1v) is 5.56. The molecule has 3 aromatic heterocycles. The highest BCUT2D eigenvalue weighted by Crippen LogP contribution is 2.23. The lowest BCUT2D eigenvalue weighted by Gasteiger charge is -1.93. The molecule has 0 aliphatic heterocycles. The lowest BCUT2D eigenvalue weighted by atomic mass is 10.3. The van der Waals surface area contributed by atoms with Crippen molar-refractivity contribution in [1.82, 2.24) is 19.7 Å². The van der Waals surface area contributed by atoms with Gasteiger partial charge in [-0.05, 0) is 25.1 Å². The van der Waals surface area contributed by atoms with Gasteiger partial charge in [-0.3, -0.25) is 4.68 Å². The molecule has 0 aliphatic rings. The Bertz CT molecular complexity index is 787. The van der Waals surface area contributed by atoms with Crippen LogP contribution in [0.2, 0.25) is 0 Å². The number of fused-ring (bicyclic) bond motifs is 1. The van der Waals surface area contributed by atoms with Crippen molar-refractivity contribution in [2.45, 2.75) is 6.92 Å². The molecule has 0 aliphatic carbocycles. The fourth-order valence-corrected chi connectivity index (χ4v) is 1.86. The van der Waals surface area contributed by atoms with Crippen LogP contribution in [0.15, 0.2) is 22.6 Å². The summed E-state index contributed by atoms with van der Waals surface area (Å²) >= 11 is 0. The minimum atomic E-state index is -1.09. The molecular formula is C12H10N4O3. The van der Waals surface area contributed by atoms with Crippen molar-refractivity contribution in [2.24, 2.45) is 7.05 Å². The summed E-state index contributed by atoms with van der Waals surface area (Å²) in [4.78, 5) is 19.0. The number of oxazole rings is 1. The Morgan fingerprint density at radius 3 is 2.79 bits per heavy atom. The zero-order valence-electron chi connectivity index (χ0n) is 10.3. The number of nitrogens with zero attached hydrogens (tertiary/aromatic N) is 4. The Balaban J connectivity index is 2.16. The minimum Gasteiger partial charge on any atom is -0.477 e. The molecule has 0 aromatic carbocycles. The largest absolute Gasteiger partial charge is 0.477 e. The van der Waals surface area contributed by atoms with Crippen LogP contribution in [0.4, 0.5) is 0 Å². The number of pyridine rings is 1. The monoisotopic (exact) mass is 258 g/mol. The molecular weight excluding hydrogens is 248 g/mol. The van der Waals surface area contributed by atoms with Crippen LogP contribution in [0, 0.1) is 6.92 Å². The van der Waals surface area contributed by atoms with Crippen molar-refractivity contribution in [1.29, 1.82) is 0 Å². The Morgan fingerprint density at radius 1 is 1.37 bits per heavy atom. The number of carboxylic acids is 1. The predicted octanol–water partition coefficient (Wildman–Crippen LogP) is 1.63. The number of aromatic carboxylic acids is 1. The summed E-state index contributed by atoms with van der Waals surface area (Å²) in [5.74, 6) is -0.726. The molecule has 1 N–H and O–H groups in total. The second-order valence-electron chi connectivity index (χ2n) is 4.14. The van der Waals surface area contributed by atoms with Crippen LogP contribution in [-0.2, 0) is 7.05 Å². The van der Waals surface area contributed by atoms with Gasteiger partial charge >= 0.3 is 5.97 Å². The number of carbonyl (C=O) groups is 1. The van der Waals surface area contributed by atoms with Crippen molar-refractivity contribution in [3.05, 3.63) is 29.6 Å². The average molecular weight is 258 g/mol. The maximum absolute atomic E-state index is 10.8. The fraction of sp³-hybridized carbons (Fsp3) is 0.167. The predicted molar refractivity (Wildman–Crippen MR) is 65.7 cm³/mol. The summed E-state index contributed by atoms with van der Waals surface area (Å²) in [5, 5.41) is 13.1. The molecule has 0 unspecified atom stereocenters. The van der Waals surface area contributed by atoms with Gasteiger partial charge < -0.3 is 9.52 Å². The van der Waals surface area contributed by atoms with Crippen LogP contribution in [0.3, 0.4) is 0 Å². The average Bonchev–Trinajstić information content (AvgIpc) is 2.90. The van der Waals surface area contributed by atoms with Crippen LogP contribution >= 0.6 is 0 Å². The molecule has 7 heteroatoms. The van der Waals surface area contributed by atoms with Crippen LogP contribution in [-0.4, -0.2) is 30.8 Å². The molecule has 0 spiro atoms. The molecule has 3 rings (SSSR count). The van der Waals surface area contributed by atoms with Crippen molar-refractivity contribution >= 4 is 17.2 Å². The van der Waals surface area contributed by atoms with E-state index in [2.05, 4.69) is 15.1 Å². The van der Waals surface area contributed by atoms with Gasteiger partial charge in [-0.1, -0.05) is 0 Å². The first kappa shape index (κ1) is 11.4. The lowest BCUT2D eigenvalue weighted by Crippen LogP contribution is -1.99. The first-order chi connectivity index (χ1) is 9.04. The van der Waals surface area contributed by atoms with E-state index in [-0.39, 0.29) is 11.3 Å². The number of aryl methyl sites for hydroxylation is 2. The molecule has 0 fully saturated rings.